The molecule has 6 rings (SSSR count). The van der Waals surface area contributed by atoms with Gasteiger partial charge in [-0.2, -0.15) is 4.57 Å². The summed E-state index contributed by atoms with van der Waals surface area (Å²) in [6.07, 6.45) is -4.74. The number of ketones is 1. The van der Waals surface area contributed by atoms with Gasteiger partial charge in [0.1, 0.15) is 52.7 Å². The molecule has 0 saturated carbocycles. The van der Waals surface area contributed by atoms with Gasteiger partial charge in [0.05, 0.1) is 6.61 Å². The number of ether oxygens (including phenoxy) is 1. The Morgan fingerprint density at radius 3 is 1.02 bits per heavy atom. The molecule has 0 aliphatic carbocycles. The zero-order valence-corrected chi connectivity index (χ0v) is 32.1. The van der Waals surface area contributed by atoms with Crippen molar-refractivity contribution in [3.63, 3.8) is 0 Å². The summed E-state index contributed by atoms with van der Waals surface area (Å²) < 4.78 is 301. The van der Waals surface area contributed by atoms with Crippen molar-refractivity contribution in [1.82, 2.24) is 0 Å². The molecular formula is C41H18BF20NO3. The Morgan fingerprint density at radius 2 is 0.712 bits per heavy atom. The Balaban J connectivity index is 0.000000324. The fraction of sp³-hybridized carbons (Fsp3) is 0.0976. The highest BCUT2D eigenvalue weighted by Gasteiger charge is 2.52. The molecule has 25 heteroatoms. The van der Waals surface area contributed by atoms with Gasteiger partial charge >= 0.3 is 5.97 Å². The van der Waals surface area contributed by atoms with Crippen LogP contribution >= 0.6 is 0 Å². The summed E-state index contributed by atoms with van der Waals surface area (Å²) in [6, 6.07) is 14.2. The molecule has 0 fully saturated rings. The lowest BCUT2D eigenvalue weighted by molar-refractivity contribution is -0.685. The summed E-state index contributed by atoms with van der Waals surface area (Å²) in [5.74, 6) is -71.9. The minimum absolute atomic E-state index is 0.0451. The maximum atomic E-state index is 15.4. The second-order valence-corrected chi connectivity index (χ2v) is 13.4. The highest BCUT2D eigenvalue weighted by atomic mass is 19.2. The van der Waals surface area contributed by atoms with Crippen molar-refractivity contribution >= 4 is 39.7 Å². The monoisotopic (exact) mass is 963 g/mol. The van der Waals surface area contributed by atoms with Crippen molar-refractivity contribution < 1.29 is 107 Å². The number of aromatic nitrogens is 1. The van der Waals surface area contributed by atoms with Gasteiger partial charge in [-0.15, -0.1) is 21.9 Å². The maximum Gasteiger partial charge on any atom is 0.403 e. The molecule has 6 aromatic rings. The number of pyridine rings is 1. The van der Waals surface area contributed by atoms with Crippen LogP contribution in [-0.2, 0) is 11.3 Å². The largest absolute Gasteiger partial charge is 0.458 e. The van der Waals surface area contributed by atoms with E-state index in [2.05, 4.69) is 0 Å². The van der Waals surface area contributed by atoms with Crippen molar-refractivity contribution in [2.24, 2.45) is 0 Å². The van der Waals surface area contributed by atoms with Crippen LogP contribution < -0.4 is 26.4 Å². The highest BCUT2D eigenvalue weighted by molar-refractivity contribution is 7.20. The molecule has 0 unspecified atom stereocenters. The van der Waals surface area contributed by atoms with E-state index in [1.165, 1.54) is 0 Å². The summed E-state index contributed by atoms with van der Waals surface area (Å²) in [5, 5.41) is 0. The van der Waals surface area contributed by atoms with Crippen LogP contribution in [0.5, 0.6) is 0 Å². The third-order valence-corrected chi connectivity index (χ3v) is 9.70. The second kappa shape index (κ2) is 19.3. The van der Waals surface area contributed by atoms with Crippen molar-refractivity contribution in [1.29, 1.82) is 0 Å². The molecule has 0 atom stereocenters. The standard InChI is InChI=1S/C24BF20.C17H18NO3/c26-5-1(6(27)14(35)21(42)13(5)34)25(2-7(28)15(36)22(43)16(37)8(2)29,3-9(30)17(38)23(44)18(39)10(3)31)4-11(32)19(40)24(45)20(41)12(4)33;1-2-12-21-17(20)15-10-6-7-11-18(15)13-16(19)14-8-4-3-5-9-14/h;3-11H,2,12-13H2,1H3/q-1;+1. The molecule has 1 aromatic heterocycles. The van der Waals surface area contributed by atoms with Gasteiger partial charge in [0, 0.05) is 17.7 Å². The van der Waals surface area contributed by atoms with Crippen molar-refractivity contribution in [2.45, 2.75) is 19.9 Å². The van der Waals surface area contributed by atoms with Gasteiger partial charge in [0.25, 0.3) is 5.69 Å². The SMILES string of the molecule is CCCOC(=O)c1cccc[n+]1CC(=O)c1ccccc1.Fc1c(F)c(F)c([B-](c2c(F)c(F)c(F)c(F)c2F)(c2c(F)c(F)c(F)c(F)c2F)c2c(F)c(F)c(F)c(F)c2F)c(F)c1F. The minimum Gasteiger partial charge on any atom is -0.458 e. The van der Waals surface area contributed by atoms with E-state index in [1.807, 2.05) is 25.1 Å². The van der Waals surface area contributed by atoms with Crippen LogP contribution in [0.3, 0.4) is 0 Å². The Kier molecular flexibility index (Phi) is 14.6. The number of halogens is 20. The molecular weight excluding hydrogens is 945 g/mol. The van der Waals surface area contributed by atoms with Crippen LogP contribution in [0.15, 0.2) is 54.7 Å². The van der Waals surface area contributed by atoms with E-state index < -0.39 is 150 Å². The molecule has 0 aliphatic heterocycles. The van der Waals surface area contributed by atoms with E-state index >= 15 is 35.1 Å². The number of benzene rings is 5. The number of hydrogen-bond donors (Lipinski definition) is 0. The lowest BCUT2D eigenvalue weighted by Gasteiger charge is -2.44. The normalized spacial score (nSPS) is 11.4. The van der Waals surface area contributed by atoms with Crippen LogP contribution in [0.25, 0.3) is 0 Å². The third kappa shape index (κ3) is 8.18. The first-order valence-corrected chi connectivity index (χ1v) is 17.9. The van der Waals surface area contributed by atoms with Crippen LogP contribution in [0.2, 0.25) is 0 Å². The van der Waals surface area contributed by atoms with E-state index in [0.29, 0.717) is 17.9 Å². The van der Waals surface area contributed by atoms with E-state index in [-0.39, 0.29) is 12.3 Å². The van der Waals surface area contributed by atoms with Crippen LogP contribution in [0.4, 0.5) is 87.8 Å². The molecule has 0 spiro atoms. The van der Waals surface area contributed by atoms with Crippen molar-refractivity contribution in [2.75, 3.05) is 6.61 Å². The number of esters is 1. The van der Waals surface area contributed by atoms with Gasteiger partial charge in [0.15, 0.2) is 76.0 Å². The van der Waals surface area contributed by atoms with Crippen molar-refractivity contribution in [3.05, 3.63) is 182 Å². The fourth-order valence-corrected chi connectivity index (χ4v) is 6.81. The molecule has 0 saturated heterocycles. The lowest BCUT2D eigenvalue weighted by Crippen LogP contribution is -2.81. The smallest absolute Gasteiger partial charge is 0.403 e. The molecule has 1 heterocycles. The fourth-order valence-electron chi connectivity index (χ4n) is 6.81. The summed E-state index contributed by atoms with van der Waals surface area (Å²) >= 11 is 0. The third-order valence-electron chi connectivity index (χ3n) is 9.70. The first-order chi connectivity index (χ1) is 30.9. The topological polar surface area (TPSA) is 47.2 Å². The first kappa shape index (κ1) is 50.1. The van der Waals surface area contributed by atoms with Gasteiger partial charge in [0.2, 0.25) is 12.3 Å². The van der Waals surface area contributed by atoms with Gasteiger partial charge in [-0.25, -0.2) is 92.6 Å². The average Bonchev–Trinajstić information content (AvgIpc) is 3.31. The van der Waals surface area contributed by atoms with Crippen LogP contribution in [0, 0.1) is 116 Å². The zero-order chi connectivity index (χ0) is 49.4. The number of nitrogens with zero attached hydrogens (tertiary/aromatic N) is 1. The maximum absolute atomic E-state index is 15.4. The quantitative estimate of drug-likeness (QED) is 0.0265. The van der Waals surface area contributed by atoms with E-state index in [4.69, 9.17) is 4.74 Å². The zero-order valence-electron chi connectivity index (χ0n) is 32.1. The van der Waals surface area contributed by atoms with E-state index in [0.717, 1.165) is 6.42 Å². The van der Waals surface area contributed by atoms with Crippen LogP contribution in [0.1, 0.15) is 34.2 Å². The summed E-state index contributed by atoms with van der Waals surface area (Å²) in [4.78, 5) is 24.2. The molecule has 66 heavy (non-hydrogen) atoms. The molecule has 0 bridgehead atoms. The predicted molar refractivity (Wildman–Crippen MR) is 187 cm³/mol. The number of carbonyl (C=O) groups excluding carboxylic acids is 2. The summed E-state index contributed by atoms with van der Waals surface area (Å²) in [7, 11) is 0. The molecule has 348 valence electrons. The van der Waals surface area contributed by atoms with Gasteiger partial charge in [-0.05, 0) is 12.5 Å². The highest BCUT2D eigenvalue weighted by Crippen LogP contribution is 2.30. The molecule has 0 radical (unpaired) electrons. The Morgan fingerprint density at radius 1 is 0.424 bits per heavy atom. The second-order valence-electron chi connectivity index (χ2n) is 13.4. The van der Waals surface area contributed by atoms with Gasteiger partial charge in [-0.1, -0.05) is 37.3 Å². The van der Waals surface area contributed by atoms with Gasteiger partial charge < -0.3 is 4.74 Å². The Bertz CT molecular complexity index is 2550. The summed E-state index contributed by atoms with van der Waals surface area (Å²) in [5.41, 5.74) is -13.3. The molecule has 0 aliphatic rings. The van der Waals surface area contributed by atoms with Gasteiger partial charge in [-0.3, -0.25) is 4.79 Å². The first-order valence-electron chi connectivity index (χ1n) is 17.9. The van der Waals surface area contributed by atoms with E-state index in [1.54, 1.807) is 41.1 Å². The molecule has 4 nitrogen and oxygen atoms in total. The average molecular weight is 963 g/mol. The van der Waals surface area contributed by atoms with Crippen LogP contribution in [-0.4, -0.2) is 24.5 Å². The number of rotatable bonds is 10. The molecule has 0 N–H and O–H groups in total. The van der Waals surface area contributed by atoms with Crippen molar-refractivity contribution in [3.8, 4) is 0 Å². The number of hydrogen-bond acceptors (Lipinski definition) is 3. The number of carbonyl (C=O) groups is 2. The minimum atomic E-state index is -7.22. The number of Topliss-reactive ketones (excluding diaryl/α,β-unsaturated/α-hetero) is 1. The summed E-state index contributed by atoms with van der Waals surface area (Å²) in [6.45, 7) is 2.42. The van der Waals surface area contributed by atoms with E-state index in [9.17, 15) is 62.3 Å². The Labute approximate surface area is 355 Å². The predicted octanol–water partition coefficient (Wildman–Crippen LogP) is 8.27. The molecule has 0 amide bonds. The molecule has 5 aromatic carbocycles. The lowest BCUT2D eigenvalue weighted by atomic mass is 9.12. The Hall–Kier alpha value is -6.95.